The Morgan fingerprint density at radius 3 is 2.53 bits per heavy atom. The monoisotopic (exact) mass is 545 g/mol. The Kier molecular flexibility index (Phi) is 9.24. The molecular formula is C26H25BrClNO5. The van der Waals surface area contributed by atoms with E-state index in [0.29, 0.717) is 51.4 Å². The van der Waals surface area contributed by atoms with Crippen LogP contribution in [-0.4, -0.2) is 26.7 Å². The fraction of sp³-hybridized carbons (Fsp3) is 0.192. The Hall–Kier alpha value is -3.16. The average Bonchev–Trinajstić information content (AvgIpc) is 2.83. The van der Waals surface area contributed by atoms with E-state index in [2.05, 4.69) is 21.2 Å². The van der Waals surface area contributed by atoms with Crippen LogP contribution in [0.25, 0.3) is 6.08 Å². The number of ether oxygens (including phenoxy) is 4. The Bertz CT molecular complexity index is 1180. The fourth-order valence-electron chi connectivity index (χ4n) is 3.10. The first-order valence-electron chi connectivity index (χ1n) is 10.5. The molecule has 0 atom stereocenters. The van der Waals surface area contributed by atoms with Crippen LogP contribution in [0.1, 0.15) is 18.1 Å². The first-order chi connectivity index (χ1) is 16.4. The number of nitrogens with one attached hydrogen (secondary N) is 1. The molecule has 6 nitrogen and oxygen atoms in total. The third-order valence-corrected chi connectivity index (χ3v) is 5.71. The summed E-state index contributed by atoms with van der Waals surface area (Å²) in [5, 5.41) is 3.44. The minimum Gasteiger partial charge on any atom is -0.497 e. The van der Waals surface area contributed by atoms with E-state index < -0.39 is 0 Å². The van der Waals surface area contributed by atoms with Gasteiger partial charge >= 0.3 is 0 Å². The predicted molar refractivity (Wildman–Crippen MR) is 138 cm³/mol. The first kappa shape index (κ1) is 25.5. The minimum absolute atomic E-state index is 0.291. The Balaban J connectivity index is 1.75. The molecule has 0 aliphatic carbocycles. The predicted octanol–water partition coefficient (Wildman–Crippen LogP) is 6.75. The van der Waals surface area contributed by atoms with Crippen molar-refractivity contribution in [3.63, 3.8) is 0 Å². The molecule has 3 aromatic carbocycles. The van der Waals surface area contributed by atoms with Crippen LogP contribution >= 0.6 is 27.5 Å². The molecule has 0 aromatic heterocycles. The lowest BCUT2D eigenvalue weighted by molar-refractivity contribution is -0.111. The van der Waals surface area contributed by atoms with Gasteiger partial charge in [0, 0.05) is 22.7 Å². The number of hydrogen-bond donors (Lipinski definition) is 1. The van der Waals surface area contributed by atoms with Crippen LogP contribution in [0.2, 0.25) is 5.02 Å². The van der Waals surface area contributed by atoms with Crippen molar-refractivity contribution in [2.24, 2.45) is 0 Å². The molecule has 178 valence electrons. The van der Waals surface area contributed by atoms with E-state index in [4.69, 9.17) is 30.5 Å². The standard InChI is InChI=1S/C26H25BrClNO5/c1-4-33-24-14-17(13-20(27)26(24)34-16-18-7-5-6-8-21(18)28)9-12-25(30)29-22-11-10-19(31-2)15-23(22)32-3/h5-15H,4,16H2,1-3H3,(H,29,30)/b12-9+. The highest BCUT2D eigenvalue weighted by Crippen LogP contribution is 2.38. The molecule has 8 heteroatoms. The van der Waals surface area contributed by atoms with Crippen molar-refractivity contribution in [2.75, 3.05) is 26.1 Å². The number of hydrogen-bond acceptors (Lipinski definition) is 5. The zero-order valence-corrected chi connectivity index (χ0v) is 21.4. The Labute approximate surface area is 212 Å². The van der Waals surface area contributed by atoms with E-state index in [9.17, 15) is 4.79 Å². The summed E-state index contributed by atoms with van der Waals surface area (Å²) in [7, 11) is 3.10. The van der Waals surface area contributed by atoms with Gasteiger partial charge in [0.15, 0.2) is 11.5 Å². The van der Waals surface area contributed by atoms with E-state index in [-0.39, 0.29) is 5.91 Å². The van der Waals surface area contributed by atoms with Crippen molar-refractivity contribution in [1.29, 1.82) is 0 Å². The highest BCUT2D eigenvalue weighted by Gasteiger charge is 2.13. The number of benzene rings is 3. The lowest BCUT2D eigenvalue weighted by Gasteiger charge is -2.15. The highest BCUT2D eigenvalue weighted by molar-refractivity contribution is 9.10. The van der Waals surface area contributed by atoms with E-state index in [1.54, 1.807) is 31.4 Å². The topological polar surface area (TPSA) is 66.0 Å². The third kappa shape index (κ3) is 6.68. The number of anilines is 1. The molecule has 0 radical (unpaired) electrons. The molecule has 34 heavy (non-hydrogen) atoms. The number of carbonyl (C=O) groups is 1. The lowest BCUT2D eigenvalue weighted by atomic mass is 10.1. The molecule has 1 N–H and O–H groups in total. The van der Waals surface area contributed by atoms with Crippen LogP contribution in [0, 0.1) is 0 Å². The van der Waals surface area contributed by atoms with Gasteiger partial charge in [-0.25, -0.2) is 0 Å². The van der Waals surface area contributed by atoms with Crippen LogP contribution in [0.5, 0.6) is 23.0 Å². The Morgan fingerprint density at radius 2 is 1.82 bits per heavy atom. The summed E-state index contributed by atoms with van der Waals surface area (Å²) >= 11 is 9.79. The molecule has 0 aliphatic rings. The van der Waals surface area contributed by atoms with Crippen LogP contribution in [0.15, 0.2) is 65.1 Å². The van der Waals surface area contributed by atoms with Crippen molar-refractivity contribution < 1.29 is 23.7 Å². The number of halogens is 2. The second-order valence-corrected chi connectivity index (χ2v) is 8.29. The molecule has 0 unspecified atom stereocenters. The quantitative estimate of drug-likeness (QED) is 0.285. The third-order valence-electron chi connectivity index (χ3n) is 4.76. The van der Waals surface area contributed by atoms with Gasteiger partial charge in [-0.1, -0.05) is 29.8 Å². The van der Waals surface area contributed by atoms with Gasteiger partial charge < -0.3 is 24.3 Å². The molecule has 0 spiro atoms. The van der Waals surface area contributed by atoms with E-state index >= 15 is 0 Å². The minimum atomic E-state index is -0.309. The van der Waals surface area contributed by atoms with Gasteiger partial charge in [-0.2, -0.15) is 0 Å². The second kappa shape index (κ2) is 12.3. The van der Waals surface area contributed by atoms with Crippen LogP contribution in [-0.2, 0) is 11.4 Å². The van der Waals surface area contributed by atoms with E-state index in [0.717, 1.165) is 11.1 Å². The number of carbonyl (C=O) groups excluding carboxylic acids is 1. The van der Waals surface area contributed by atoms with Crippen molar-refractivity contribution in [3.8, 4) is 23.0 Å². The summed E-state index contributed by atoms with van der Waals surface area (Å²) in [6, 6.07) is 16.3. The van der Waals surface area contributed by atoms with Gasteiger partial charge in [0.25, 0.3) is 0 Å². The first-order valence-corrected chi connectivity index (χ1v) is 11.7. The maximum atomic E-state index is 12.5. The molecule has 0 saturated carbocycles. The number of rotatable bonds is 10. The van der Waals surface area contributed by atoms with Crippen molar-refractivity contribution in [1.82, 2.24) is 0 Å². The molecule has 3 aromatic rings. The molecule has 0 bridgehead atoms. The zero-order valence-electron chi connectivity index (χ0n) is 19.1. The molecule has 0 saturated heterocycles. The molecule has 0 fully saturated rings. The van der Waals surface area contributed by atoms with Crippen molar-refractivity contribution >= 4 is 45.2 Å². The molecular weight excluding hydrogens is 522 g/mol. The molecule has 0 aliphatic heterocycles. The van der Waals surface area contributed by atoms with Crippen LogP contribution < -0.4 is 24.3 Å². The van der Waals surface area contributed by atoms with Gasteiger partial charge in [-0.15, -0.1) is 0 Å². The number of methoxy groups -OCH3 is 2. The summed E-state index contributed by atoms with van der Waals surface area (Å²) in [4.78, 5) is 12.5. The summed E-state index contributed by atoms with van der Waals surface area (Å²) < 4.78 is 23.0. The van der Waals surface area contributed by atoms with Crippen LogP contribution in [0.3, 0.4) is 0 Å². The maximum absolute atomic E-state index is 12.5. The van der Waals surface area contributed by atoms with Gasteiger partial charge in [-0.05, 0) is 64.8 Å². The summed E-state index contributed by atoms with van der Waals surface area (Å²) in [6.45, 7) is 2.64. The van der Waals surface area contributed by atoms with Crippen molar-refractivity contribution in [2.45, 2.75) is 13.5 Å². The van der Waals surface area contributed by atoms with Gasteiger partial charge in [0.2, 0.25) is 5.91 Å². The largest absolute Gasteiger partial charge is 0.497 e. The Morgan fingerprint density at radius 1 is 1.03 bits per heavy atom. The molecule has 3 rings (SSSR count). The van der Waals surface area contributed by atoms with Gasteiger partial charge in [-0.3, -0.25) is 4.79 Å². The van der Waals surface area contributed by atoms with E-state index in [1.165, 1.54) is 13.2 Å². The molecule has 1 amide bonds. The SMILES string of the molecule is CCOc1cc(/C=C/C(=O)Nc2ccc(OC)cc2OC)cc(Br)c1OCc1ccccc1Cl. The average molecular weight is 547 g/mol. The maximum Gasteiger partial charge on any atom is 0.248 e. The van der Waals surface area contributed by atoms with Gasteiger partial charge in [0.1, 0.15) is 18.1 Å². The second-order valence-electron chi connectivity index (χ2n) is 7.03. The van der Waals surface area contributed by atoms with E-state index in [1.807, 2.05) is 43.3 Å². The lowest BCUT2D eigenvalue weighted by Crippen LogP contribution is -2.09. The summed E-state index contributed by atoms with van der Waals surface area (Å²) in [5.74, 6) is 1.95. The summed E-state index contributed by atoms with van der Waals surface area (Å²) in [5.41, 5.74) is 2.17. The molecule has 0 heterocycles. The zero-order chi connectivity index (χ0) is 24.5. The fourth-order valence-corrected chi connectivity index (χ4v) is 3.87. The van der Waals surface area contributed by atoms with Crippen molar-refractivity contribution in [3.05, 3.63) is 81.3 Å². The highest BCUT2D eigenvalue weighted by atomic mass is 79.9. The van der Waals surface area contributed by atoms with Gasteiger partial charge in [0.05, 0.1) is 31.0 Å². The van der Waals surface area contributed by atoms with Crippen LogP contribution in [0.4, 0.5) is 5.69 Å². The normalized spacial score (nSPS) is 10.7. The smallest absolute Gasteiger partial charge is 0.248 e. The summed E-state index contributed by atoms with van der Waals surface area (Å²) in [6.07, 6.45) is 3.13. The number of amides is 1.